The van der Waals surface area contributed by atoms with Crippen molar-refractivity contribution in [2.45, 2.75) is 38.6 Å². The first-order valence-corrected chi connectivity index (χ1v) is 10.7. The van der Waals surface area contributed by atoms with Crippen LogP contribution in [-0.4, -0.2) is 51.2 Å². The highest BCUT2D eigenvalue weighted by atomic mass is 127. The fourth-order valence-electron chi connectivity index (χ4n) is 2.10. The molecule has 160 valence electrons. The van der Waals surface area contributed by atoms with Crippen molar-refractivity contribution in [3.05, 3.63) is 28.3 Å². The molecule has 11 heteroatoms. The van der Waals surface area contributed by atoms with E-state index in [4.69, 9.17) is 0 Å². The molecule has 0 bridgehead atoms. The smallest absolute Gasteiger partial charge is 0.293 e. The molecule has 1 rings (SSSR count). The van der Waals surface area contributed by atoms with Gasteiger partial charge in [-0.25, -0.2) is 8.42 Å². The molecule has 0 fully saturated rings. The Bertz CT molecular complexity index is 784. The second kappa shape index (κ2) is 12.0. The van der Waals surface area contributed by atoms with Crippen molar-refractivity contribution >= 4 is 51.1 Å². The Hall–Kier alpha value is -1.63. The van der Waals surface area contributed by atoms with E-state index in [9.17, 15) is 18.5 Å². The lowest BCUT2D eigenvalue weighted by Gasteiger charge is -2.20. The molecule has 1 unspecified atom stereocenters. The van der Waals surface area contributed by atoms with Gasteiger partial charge in [0.25, 0.3) is 5.69 Å². The number of guanidine groups is 1. The molecule has 0 aliphatic rings. The van der Waals surface area contributed by atoms with Crippen LogP contribution in [0.3, 0.4) is 0 Å². The van der Waals surface area contributed by atoms with Gasteiger partial charge >= 0.3 is 0 Å². The van der Waals surface area contributed by atoms with Gasteiger partial charge in [0.2, 0.25) is 0 Å². The minimum atomic E-state index is -3.51. The van der Waals surface area contributed by atoms with Crippen LogP contribution in [0.5, 0.6) is 0 Å². The molecule has 28 heavy (non-hydrogen) atoms. The highest BCUT2D eigenvalue weighted by Gasteiger charge is 2.18. The van der Waals surface area contributed by atoms with Crippen LogP contribution in [0.15, 0.2) is 28.1 Å². The Kier molecular flexibility index (Phi) is 11.3. The molecule has 1 atom stereocenters. The lowest BCUT2D eigenvalue weighted by molar-refractivity contribution is -0.384. The number of halogens is 1. The number of nitrogens with one attached hydrogen (secondary N) is 3. The number of nitrogens with zero attached hydrogens (tertiary/aromatic N) is 2. The fraction of sp³-hybridized carbons (Fsp3) is 0.588. The molecule has 0 aliphatic carbocycles. The van der Waals surface area contributed by atoms with Crippen molar-refractivity contribution in [3.8, 4) is 0 Å². The van der Waals surface area contributed by atoms with E-state index in [1.807, 2.05) is 6.92 Å². The quantitative estimate of drug-likeness (QED) is 0.113. The van der Waals surface area contributed by atoms with Gasteiger partial charge in [-0.15, -0.1) is 24.0 Å². The fourth-order valence-corrected chi connectivity index (χ4v) is 2.74. The summed E-state index contributed by atoms with van der Waals surface area (Å²) in [7, 11) is -3.51. The molecule has 0 radical (unpaired) electrons. The topological polar surface area (TPSA) is 126 Å². The Labute approximate surface area is 183 Å². The van der Waals surface area contributed by atoms with Crippen LogP contribution < -0.4 is 16.0 Å². The Balaban J connectivity index is 0.00000729. The predicted molar refractivity (Wildman–Crippen MR) is 124 cm³/mol. The summed E-state index contributed by atoms with van der Waals surface area (Å²) in [6.45, 7) is 9.76. The SMILES string of the molecule is CCNC(=NCCNc1ccc(S(C)(=O)=O)cc1[N+](=O)[O-])NC(C)C(C)C.I. The number of aliphatic imine (C=N–C) groups is 1. The second-order valence-corrected chi connectivity index (χ2v) is 8.59. The maximum Gasteiger partial charge on any atom is 0.293 e. The molecule has 0 saturated heterocycles. The molecule has 9 nitrogen and oxygen atoms in total. The van der Waals surface area contributed by atoms with E-state index in [1.165, 1.54) is 12.1 Å². The molecule has 0 amide bonds. The molecule has 3 N–H and O–H groups in total. The molecule has 0 aliphatic heterocycles. The molecule has 0 spiro atoms. The molecule has 1 aromatic rings. The summed E-state index contributed by atoms with van der Waals surface area (Å²) in [5.41, 5.74) is -0.0172. The van der Waals surface area contributed by atoms with Crippen molar-refractivity contribution in [2.24, 2.45) is 10.9 Å². The number of nitro groups is 1. The summed E-state index contributed by atoms with van der Waals surface area (Å²) in [6.07, 6.45) is 1.02. The Morgan fingerprint density at radius 1 is 1.29 bits per heavy atom. The second-order valence-electron chi connectivity index (χ2n) is 6.57. The van der Waals surface area contributed by atoms with Gasteiger partial charge in [0.15, 0.2) is 15.8 Å². The number of benzene rings is 1. The average Bonchev–Trinajstić information content (AvgIpc) is 2.57. The third-order valence-corrected chi connectivity index (χ3v) is 5.11. The van der Waals surface area contributed by atoms with Crippen molar-refractivity contribution < 1.29 is 13.3 Å². The van der Waals surface area contributed by atoms with Gasteiger partial charge in [-0.1, -0.05) is 13.8 Å². The minimum Gasteiger partial charge on any atom is -0.378 e. The van der Waals surface area contributed by atoms with E-state index in [-0.39, 0.29) is 46.3 Å². The van der Waals surface area contributed by atoms with E-state index >= 15 is 0 Å². The number of nitro benzene ring substituents is 1. The van der Waals surface area contributed by atoms with Crippen LogP contribution in [0, 0.1) is 16.0 Å². The number of sulfone groups is 1. The van der Waals surface area contributed by atoms with Crippen molar-refractivity contribution in [1.82, 2.24) is 10.6 Å². The third-order valence-electron chi connectivity index (χ3n) is 4.00. The van der Waals surface area contributed by atoms with Gasteiger partial charge in [0, 0.05) is 31.5 Å². The van der Waals surface area contributed by atoms with Crippen LogP contribution in [0.25, 0.3) is 0 Å². The number of hydrogen-bond donors (Lipinski definition) is 3. The normalized spacial score (nSPS) is 12.9. The van der Waals surface area contributed by atoms with E-state index in [1.54, 1.807) is 0 Å². The minimum absolute atomic E-state index is 0. The van der Waals surface area contributed by atoms with Crippen LogP contribution in [0.4, 0.5) is 11.4 Å². The monoisotopic (exact) mass is 527 g/mol. The summed E-state index contributed by atoms with van der Waals surface area (Å²) in [5.74, 6) is 1.13. The van der Waals surface area contributed by atoms with Crippen molar-refractivity contribution in [1.29, 1.82) is 0 Å². The molecular formula is C17H30IN5O4S. The van der Waals surface area contributed by atoms with Crippen LogP contribution >= 0.6 is 24.0 Å². The maximum atomic E-state index is 11.6. The van der Waals surface area contributed by atoms with Gasteiger partial charge in [-0.3, -0.25) is 15.1 Å². The summed E-state index contributed by atoms with van der Waals surface area (Å²) in [4.78, 5) is 15.0. The van der Waals surface area contributed by atoms with Gasteiger partial charge in [-0.2, -0.15) is 0 Å². The molecule has 0 saturated carbocycles. The zero-order chi connectivity index (χ0) is 20.6. The lowest BCUT2D eigenvalue weighted by atomic mass is 10.1. The zero-order valence-electron chi connectivity index (χ0n) is 16.9. The van der Waals surface area contributed by atoms with E-state index < -0.39 is 14.8 Å². The van der Waals surface area contributed by atoms with Gasteiger partial charge in [-0.05, 0) is 31.9 Å². The van der Waals surface area contributed by atoms with Crippen molar-refractivity contribution in [3.63, 3.8) is 0 Å². The first kappa shape index (κ1) is 26.4. The van der Waals surface area contributed by atoms with Crippen molar-refractivity contribution in [2.75, 3.05) is 31.2 Å². The molecular weight excluding hydrogens is 497 g/mol. The molecule has 0 aromatic heterocycles. The highest BCUT2D eigenvalue weighted by Crippen LogP contribution is 2.27. The predicted octanol–water partition coefficient (Wildman–Crippen LogP) is 2.63. The van der Waals surface area contributed by atoms with E-state index in [0.29, 0.717) is 25.0 Å². The van der Waals surface area contributed by atoms with Crippen LogP contribution in [0.1, 0.15) is 27.7 Å². The molecule has 1 aromatic carbocycles. The third kappa shape index (κ3) is 8.59. The molecule has 0 heterocycles. The lowest BCUT2D eigenvalue weighted by Crippen LogP contribution is -2.44. The Morgan fingerprint density at radius 3 is 2.43 bits per heavy atom. The number of anilines is 1. The standard InChI is InChI=1S/C17H29N5O4S.HI/c1-6-18-17(21-13(4)12(2)3)20-10-9-19-15-8-7-14(27(5,25)26)11-16(15)22(23)24;/h7-8,11-13,19H,6,9-10H2,1-5H3,(H2,18,20,21);1H. The maximum absolute atomic E-state index is 11.6. The van der Waals surface area contributed by atoms with Gasteiger partial charge in [0.1, 0.15) is 5.69 Å². The summed E-state index contributed by atoms with van der Waals surface area (Å²) in [5, 5.41) is 20.6. The average molecular weight is 527 g/mol. The highest BCUT2D eigenvalue weighted by molar-refractivity contribution is 14.0. The zero-order valence-corrected chi connectivity index (χ0v) is 20.0. The summed E-state index contributed by atoms with van der Waals surface area (Å²) < 4.78 is 23.2. The first-order valence-electron chi connectivity index (χ1n) is 8.83. The van der Waals surface area contributed by atoms with E-state index in [2.05, 4.69) is 41.7 Å². The van der Waals surface area contributed by atoms with Gasteiger partial charge < -0.3 is 16.0 Å². The van der Waals surface area contributed by atoms with Crippen LogP contribution in [0.2, 0.25) is 0 Å². The van der Waals surface area contributed by atoms with Crippen LogP contribution in [-0.2, 0) is 9.84 Å². The number of hydrogen-bond acceptors (Lipinski definition) is 6. The Morgan fingerprint density at radius 2 is 1.93 bits per heavy atom. The van der Waals surface area contributed by atoms with Gasteiger partial charge in [0.05, 0.1) is 16.4 Å². The largest absolute Gasteiger partial charge is 0.378 e. The number of rotatable bonds is 9. The van der Waals surface area contributed by atoms with E-state index in [0.717, 1.165) is 18.9 Å². The summed E-state index contributed by atoms with van der Waals surface area (Å²) in [6, 6.07) is 4.07. The summed E-state index contributed by atoms with van der Waals surface area (Å²) >= 11 is 0. The first-order chi connectivity index (χ1) is 12.6.